The maximum Gasteiger partial charge on any atom is 0.120 e. The smallest absolute Gasteiger partial charge is 0.120 e. The van der Waals surface area contributed by atoms with Crippen molar-refractivity contribution >= 4 is 11.6 Å². The molecular formula is C12H19ClN2O. The van der Waals surface area contributed by atoms with Crippen molar-refractivity contribution < 1.29 is 4.74 Å². The highest BCUT2D eigenvalue weighted by Crippen LogP contribution is 2.16. The van der Waals surface area contributed by atoms with Crippen LogP contribution in [0, 0.1) is 0 Å². The van der Waals surface area contributed by atoms with Gasteiger partial charge in [0.15, 0.2) is 0 Å². The molecule has 0 aliphatic carbocycles. The van der Waals surface area contributed by atoms with Gasteiger partial charge in [0, 0.05) is 24.7 Å². The third kappa shape index (κ3) is 4.84. The number of hydrogen-bond donors (Lipinski definition) is 1. The molecule has 2 N–H and O–H groups in total. The minimum Gasteiger partial charge on any atom is -0.492 e. The van der Waals surface area contributed by atoms with Gasteiger partial charge in [-0.25, -0.2) is 0 Å². The summed E-state index contributed by atoms with van der Waals surface area (Å²) in [6.45, 7) is 6.26. The molecule has 0 spiro atoms. The first kappa shape index (κ1) is 13.3. The van der Waals surface area contributed by atoms with Gasteiger partial charge in [-0.05, 0) is 24.7 Å². The number of halogens is 1. The minimum atomic E-state index is 0.661. The molecule has 0 aliphatic heterocycles. The van der Waals surface area contributed by atoms with Gasteiger partial charge in [-0.2, -0.15) is 0 Å². The lowest BCUT2D eigenvalue weighted by Crippen LogP contribution is -2.32. The molecule has 0 atom stereocenters. The Hall–Kier alpha value is -0.770. The number of rotatable bonds is 7. The van der Waals surface area contributed by atoms with E-state index in [-0.39, 0.29) is 0 Å². The predicted molar refractivity (Wildman–Crippen MR) is 68.1 cm³/mol. The third-order valence-electron chi connectivity index (χ3n) is 2.36. The van der Waals surface area contributed by atoms with Gasteiger partial charge in [-0.3, -0.25) is 4.90 Å². The molecular weight excluding hydrogens is 224 g/mol. The topological polar surface area (TPSA) is 38.5 Å². The summed E-state index contributed by atoms with van der Waals surface area (Å²) in [4.78, 5) is 2.25. The van der Waals surface area contributed by atoms with E-state index in [4.69, 9.17) is 22.1 Å². The average Bonchev–Trinajstić information content (AvgIpc) is 2.28. The maximum absolute atomic E-state index is 5.86. The van der Waals surface area contributed by atoms with E-state index in [2.05, 4.69) is 11.8 Å². The average molecular weight is 243 g/mol. The van der Waals surface area contributed by atoms with E-state index in [9.17, 15) is 0 Å². The second-order valence-electron chi connectivity index (χ2n) is 3.53. The summed E-state index contributed by atoms with van der Waals surface area (Å²) >= 11 is 5.86. The first-order chi connectivity index (χ1) is 7.76. The highest BCUT2D eigenvalue weighted by atomic mass is 35.5. The molecule has 0 aromatic heterocycles. The van der Waals surface area contributed by atoms with Crippen LogP contribution in [0.5, 0.6) is 5.75 Å². The van der Waals surface area contributed by atoms with Crippen LogP contribution in [-0.2, 0) is 0 Å². The van der Waals surface area contributed by atoms with Gasteiger partial charge in [-0.15, -0.1) is 0 Å². The number of likely N-dealkylation sites (N-methyl/N-ethyl adjacent to an activating group) is 1. The molecule has 0 radical (unpaired) electrons. The molecule has 16 heavy (non-hydrogen) atoms. The summed E-state index contributed by atoms with van der Waals surface area (Å²) in [5, 5.41) is 0.701. The highest BCUT2D eigenvalue weighted by molar-refractivity contribution is 6.30. The summed E-state index contributed by atoms with van der Waals surface area (Å²) in [7, 11) is 0. The number of benzene rings is 1. The van der Waals surface area contributed by atoms with Gasteiger partial charge in [0.25, 0.3) is 0 Å². The Bertz CT molecular complexity index is 307. The standard InChI is InChI=1S/C12H19ClN2O/c1-2-15(7-6-14)8-9-16-12-5-3-4-11(13)10-12/h3-5,10H,2,6-9,14H2,1H3. The van der Waals surface area contributed by atoms with E-state index in [1.165, 1.54) is 0 Å². The van der Waals surface area contributed by atoms with Crippen molar-refractivity contribution in [2.75, 3.05) is 32.8 Å². The second kappa shape index (κ2) is 7.49. The lowest BCUT2D eigenvalue weighted by atomic mass is 10.3. The monoisotopic (exact) mass is 242 g/mol. The number of ether oxygens (including phenoxy) is 1. The van der Waals surface area contributed by atoms with Gasteiger partial charge in [-0.1, -0.05) is 24.6 Å². The maximum atomic E-state index is 5.86. The molecule has 1 aromatic rings. The van der Waals surface area contributed by atoms with Gasteiger partial charge in [0.1, 0.15) is 12.4 Å². The zero-order chi connectivity index (χ0) is 11.8. The Morgan fingerprint density at radius 2 is 2.19 bits per heavy atom. The molecule has 90 valence electrons. The van der Waals surface area contributed by atoms with E-state index in [0.717, 1.165) is 25.4 Å². The van der Waals surface area contributed by atoms with Crippen LogP contribution >= 0.6 is 11.6 Å². The molecule has 3 nitrogen and oxygen atoms in total. The van der Waals surface area contributed by atoms with Gasteiger partial charge >= 0.3 is 0 Å². The van der Waals surface area contributed by atoms with Crippen molar-refractivity contribution in [2.24, 2.45) is 5.73 Å². The number of hydrogen-bond acceptors (Lipinski definition) is 3. The summed E-state index contributed by atoms with van der Waals surface area (Å²) in [6, 6.07) is 7.45. The molecule has 0 amide bonds. The first-order valence-corrected chi connectivity index (χ1v) is 5.95. The summed E-state index contributed by atoms with van der Waals surface area (Å²) in [5.41, 5.74) is 5.51. The Labute approximate surface area is 102 Å². The molecule has 0 saturated carbocycles. The van der Waals surface area contributed by atoms with Crippen molar-refractivity contribution in [3.63, 3.8) is 0 Å². The fourth-order valence-corrected chi connectivity index (χ4v) is 1.64. The lowest BCUT2D eigenvalue weighted by molar-refractivity contribution is 0.219. The molecule has 0 aliphatic rings. The van der Waals surface area contributed by atoms with E-state index < -0.39 is 0 Å². The molecule has 0 saturated heterocycles. The van der Waals surface area contributed by atoms with Crippen molar-refractivity contribution in [1.29, 1.82) is 0 Å². The second-order valence-corrected chi connectivity index (χ2v) is 3.97. The van der Waals surface area contributed by atoms with Crippen LogP contribution in [0.3, 0.4) is 0 Å². The molecule has 1 rings (SSSR count). The zero-order valence-electron chi connectivity index (χ0n) is 9.66. The zero-order valence-corrected chi connectivity index (χ0v) is 10.4. The fourth-order valence-electron chi connectivity index (χ4n) is 1.46. The van der Waals surface area contributed by atoms with E-state index in [1.807, 2.05) is 24.3 Å². The number of nitrogens with zero attached hydrogens (tertiary/aromatic N) is 1. The van der Waals surface area contributed by atoms with Crippen LogP contribution in [0.15, 0.2) is 24.3 Å². The highest BCUT2D eigenvalue weighted by Gasteiger charge is 2.01. The molecule has 4 heteroatoms. The molecule has 0 unspecified atom stereocenters. The minimum absolute atomic E-state index is 0.661. The molecule has 0 bridgehead atoms. The summed E-state index contributed by atoms with van der Waals surface area (Å²) in [5.74, 6) is 0.816. The van der Waals surface area contributed by atoms with Crippen molar-refractivity contribution in [3.05, 3.63) is 29.3 Å². The van der Waals surface area contributed by atoms with Crippen molar-refractivity contribution in [1.82, 2.24) is 4.90 Å². The Morgan fingerprint density at radius 1 is 1.38 bits per heavy atom. The quantitative estimate of drug-likeness (QED) is 0.795. The lowest BCUT2D eigenvalue weighted by Gasteiger charge is -2.19. The van der Waals surface area contributed by atoms with Crippen LogP contribution < -0.4 is 10.5 Å². The predicted octanol–water partition coefficient (Wildman–Crippen LogP) is 2.00. The van der Waals surface area contributed by atoms with Crippen LogP contribution in [-0.4, -0.2) is 37.7 Å². The SMILES string of the molecule is CCN(CCN)CCOc1cccc(Cl)c1. The molecule has 0 fully saturated rings. The Balaban J connectivity index is 2.29. The van der Waals surface area contributed by atoms with Gasteiger partial charge < -0.3 is 10.5 Å². The van der Waals surface area contributed by atoms with Crippen molar-refractivity contribution in [2.45, 2.75) is 6.92 Å². The first-order valence-electron chi connectivity index (χ1n) is 5.57. The Kier molecular flexibility index (Phi) is 6.23. The van der Waals surface area contributed by atoms with Crippen molar-refractivity contribution in [3.8, 4) is 5.75 Å². The van der Waals surface area contributed by atoms with Gasteiger partial charge in [0.05, 0.1) is 0 Å². The Morgan fingerprint density at radius 3 is 2.81 bits per heavy atom. The third-order valence-corrected chi connectivity index (χ3v) is 2.60. The van der Waals surface area contributed by atoms with Crippen LogP contribution in [0.25, 0.3) is 0 Å². The van der Waals surface area contributed by atoms with Gasteiger partial charge in [0.2, 0.25) is 0 Å². The van der Waals surface area contributed by atoms with Crippen LogP contribution in [0.1, 0.15) is 6.92 Å². The van der Waals surface area contributed by atoms with E-state index >= 15 is 0 Å². The summed E-state index contributed by atoms with van der Waals surface area (Å²) in [6.07, 6.45) is 0. The van der Waals surface area contributed by atoms with Crippen LogP contribution in [0.4, 0.5) is 0 Å². The summed E-state index contributed by atoms with van der Waals surface area (Å²) < 4.78 is 5.60. The fraction of sp³-hybridized carbons (Fsp3) is 0.500. The van der Waals surface area contributed by atoms with Crippen LogP contribution in [0.2, 0.25) is 5.02 Å². The van der Waals surface area contributed by atoms with E-state index in [0.29, 0.717) is 18.2 Å². The normalized spacial score (nSPS) is 10.8. The molecule has 1 aromatic carbocycles. The largest absolute Gasteiger partial charge is 0.492 e. The van der Waals surface area contributed by atoms with E-state index in [1.54, 1.807) is 0 Å². The number of nitrogens with two attached hydrogens (primary N) is 1. The molecule has 0 heterocycles.